The highest BCUT2D eigenvalue weighted by Crippen LogP contribution is 2.30. The van der Waals surface area contributed by atoms with Crippen LogP contribution in [0.1, 0.15) is 11.4 Å². The molecule has 6 nitrogen and oxygen atoms in total. The molecular weight excluding hydrogens is 343 g/mol. The molecule has 0 aliphatic rings. The predicted molar refractivity (Wildman–Crippen MR) is 84.4 cm³/mol. The third kappa shape index (κ3) is 2.91. The number of rotatable bonds is 4. The maximum absolute atomic E-state index is 14.3. The Labute approximate surface area is 140 Å². The molecule has 2 rings (SSSR count). The Morgan fingerprint density at radius 2 is 2.00 bits per heavy atom. The van der Waals surface area contributed by atoms with Crippen molar-refractivity contribution in [3.8, 4) is 23.6 Å². The molecule has 118 valence electrons. The molecule has 23 heavy (non-hydrogen) atoms. The summed E-state index contributed by atoms with van der Waals surface area (Å²) < 4.78 is 21.5. The van der Waals surface area contributed by atoms with Gasteiger partial charge in [0.15, 0.2) is 11.4 Å². The van der Waals surface area contributed by atoms with Gasteiger partial charge >= 0.3 is 5.69 Å². The second-order valence-corrected chi connectivity index (χ2v) is 5.60. The second kappa shape index (κ2) is 6.78. The van der Waals surface area contributed by atoms with E-state index in [4.69, 9.17) is 21.6 Å². The molecule has 0 atom stereocenters. The molecule has 1 aromatic carbocycles. The van der Waals surface area contributed by atoms with Gasteiger partial charge in [0, 0.05) is 13.1 Å². The summed E-state index contributed by atoms with van der Waals surface area (Å²) in [7, 11) is 1.33. The predicted octanol–water partition coefficient (Wildman–Crippen LogP) is 2.41. The lowest BCUT2D eigenvalue weighted by Crippen LogP contribution is -2.22. The quantitative estimate of drug-likeness (QED) is 0.789. The largest absolute Gasteiger partial charge is 0.481 e. The van der Waals surface area contributed by atoms with E-state index in [1.807, 2.05) is 6.26 Å². The number of nitrogens with zero attached hydrogens (tertiary/aromatic N) is 4. The zero-order valence-electron chi connectivity index (χ0n) is 12.1. The number of nitriles is 2. The smallest absolute Gasteiger partial charge is 0.334 e. The first-order valence-corrected chi connectivity index (χ1v) is 7.96. The van der Waals surface area contributed by atoms with Crippen molar-refractivity contribution in [3.63, 3.8) is 0 Å². The summed E-state index contributed by atoms with van der Waals surface area (Å²) in [4.78, 5) is 12.3. The van der Waals surface area contributed by atoms with Gasteiger partial charge in [-0.3, -0.25) is 4.57 Å². The fraction of sp³-hybridized carbons (Fsp3) is 0.214. The number of aromatic nitrogens is 2. The van der Waals surface area contributed by atoms with Gasteiger partial charge in [-0.1, -0.05) is 11.6 Å². The highest BCUT2D eigenvalue weighted by atomic mass is 35.5. The molecule has 0 fully saturated rings. The van der Waals surface area contributed by atoms with Crippen LogP contribution in [0.2, 0.25) is 5.02 Å². The van der Waals surface area contributed by atoms with Crippen LogP contribution in [0.3, 0.4) is 0 Å². The van der Waals surface area contributed by atoms with Crippen molar-refractivity contribution in [2.45, 2.75) is 0 Å². The highest BCUT2D eigenvalue weighted by molar-refractivity contribution is 7.98. The van der Waals surface area contributed by atoms with Gasteiger partial charge in [-0.25, -0.2) is 13.8 Å². The molecular formula is C14H10ClFN4O2S. The summed E-state index contributed by atoms with van der Waals surface area (Å²) in [5, 5.41) is 18.4. The fourth-order valence-electron chi connectivity index (χ4n) is 1.98. The molecule has 0 aliphatic carbocycles. The Kier molecular flexibility index (Phi) is 4.99. The van der Waals surface area contributed by atoms with E-state index in [0.717, 1.165) is 15.2 Å². The van der Waals surface area contributed by atoms with Crippen molar-refractivity contribution < 1.29 is 9.13 Å². The van der Waals surface area contributed by atoms with E-state index in [0.29, 0.717) is 0 Å². The van der Waals surface area contributed by atoms with E-state index >= 15 is 0 Å². The lowest BCUT2D eigenvalue weighted by atomic mass is 10.2. The van der Waals surface area contributed by atoms with Gasteiger partial charge in [-0.05, 0) is 12.3 Å². The van der Waals surface area contributed by atoms with E-state index in [1.54, 1.807) is 12.1 Å². The summed E-state index contributed by atoms with van der Waals surface area (Å²) in [5.41, 5.74) is -1.32. The Hall–Kier alpha value is -2.42. The van der Waals surface area contributed by atoms with Gasteiger partial charge in [0.2, 0.25) is 0 Å². The van der Waals surface area contributed by atoms with Crippen LogP contribution >= 0.6 is 23.4 Å². The van der Waals surface area contributed by atoms with Crippen molar-refractivity contribution in [1.29, 1.82) is 10.5 Å². The van der Waals surface area contributed by atoms with Gasteiger partial charge in [-0.2, -0.15) is 10.5 Å². The third-order valence-corrected chi connectivity index (χ3v) is 3.70. The van der Waals surface area contributed by atoms with Crippen LogP contribution in [-0.4, -0.2) is 21.3 Å². The van der Waals surface area contributed by atoms with Crippen LogP contribution in [0.15, 0.2) is 16.9 Å². The van der Waals surface area contributed by atoms with Crippen molar-refractivity contribution in [2.75, 3.05) is 12.2 Å². The standard InChI is InChI=1S/C14H10ClFN4O2S/c1-19-11(5-17)12(6-18)20(14(19)21)10-4-13(22-7-23-2)8(15)3-9(10)16/h3-4H,7H2,1-2H3. The second-order valence-electron chi connectivity index (χ2n) is 4.38. The summed E-state index contributed by atoms with van der Waals surface area (Å²) in [5.74, 6) is -0.348. The van der Waals surface area contributed by atoms with Gasteiger partial charge in [0.25, 0.3) is 0 Å². The SMILES string of the molecule is CSCOc1cc(-n2c(C#N)c(C#N)n(C)c2=O)c(F)cc1Cl. The first kappa shape index (κ1) is 16.9. The lowest BCUT2D eigenvalue weighted by Gasteiger charge is -2.11. The summed E-state index contributed by atoms with van der Waals surface area (Å²) >= 11 is 7.31. The van der Waals surface area contributed by atoms with Crippen LogP contribution in [0, 0.1) is 28.5 Å². The average Bonchev–Trinajstić information content (AvgIpc) is 2.77. The molecule has 1 heterocycles. The van der Waals surface area contributed by atoms with E-state index in [-0.39, 0.29) is 33.8 Å². The maximum Gasteiger partial charge on any atom is 0.334 e. The molecule has 0 aliphatic heterocycles. The minimum atomic E-state index is -0.805. The summed E-state index contributed by atoms with van der Waals surface area (Å²) in [6.07, 6.45) is 1.81. The Morgan fingerprint density at radius 1 is 1.35 bits per heavy atom. The number of hydrogen-bond acceptors (Lipinski definition) is 5. The van der Waals surface area contributed by atoms with Crippen LogP contribution < -0.4 is 10.4 Å². The molecule has 0 radical (unpaired) electrons. The van der Waals surface area contributed by atoms with E-state index in [1.165, 1.54) is 24.9 Å². The Bertz CT molecular complexity index is 907. The lowest BCUT2D eigenvalue weighted by molar-refractivity contribution is 0.392. The number of ether oxygens (including phenoxy) is 1. The summed E-state index contributed by atoms with van der Waals surface area (Å²) in [6, 6.07) is 5.75. The van der Waals surface area contributed by atoms with Crippen molar-refractivity contribution >= 4 is 23.4 Å². The number of halogens is 2. The number of hydrogen-bond donors (Lipinski definition) is 0. The van der Waals surface area contributed by atoms with Crippen molar-refractivity contribution in [1.82, 2.24) is 9.13 Å². The first-order chi connectivity index (χ1) is 11.0. The average molecular weight is 353 g/mol. The number of benzene rings is 1. The van der Waals surface area contributed by atoms with E-state index in [2.05, 4.69) is 0 Å². The molecule has 0 saturated heterocycles. The number of thioether (sulfide) groups is 1. The molecule has 0 N–H and O–H groups in total. The minimum Gasteiger partial charge on any atom is -0.481 e. The van der Waals surface area contributed by atoms with E-state index in [9.17, 15) is 14.4 Å². The van der Waals surface area contributed by atoms with Gasteiger partial charge < -0.3 is 4.74 Å². The van der Waals surface area contributed by atoms with Gasteiger partial charge in [-0.15, -0.1) is 11.8 Å². The molecule has 0 saturated carbocycles. The molecule has 0 amide bonds. The van der Waals surface area contributed by atoms with E-state index < -0.39 is 11.5 Å². The van der Waals surface area contributed by atoms with Crippen molar-refractivity contribution in [2.24, 2.45) is 7.05 Å². The Morgan fingerprint density at radius 3 is 2.57 bits per heavy atom. The monoisotopic (exact) mass is 352 g/mol. The van der Waals surface area contributed by atoms with Crippen LogP contribution in [0.4, 0.5) is 4.39 Å². The van der Waals surface area contributed by atoms with Gasteiger partial charge in [0.1, 0.15) is 29.6 Å². The minimum absolute atomic E-state index is 0.0447. The molecule has 2 aromatic rings. The normalized spacial score (nSPS) is 10.2. The van der Waals surface area contributed by atoms with Crippen LogP contribution in [0.5, 0.6) is 5.75 Å². The Balaban J connectivity index is 2.76. The van der Waals surface area contributed by atoms with Gasteiger partial charge in [0.05, 0.1) is 10.7 Å². The molecule has 0 spiro atoms. The third-order valence-electron chi connectivity index (χ3n) is 3.05. The molecule has 0 unspecified atom stereocenters. The first-order valence-electron chi connectivity index (χ1n) is 6.19. The molecule has 1 aromatic heterocycles. The molecule has 9 heteroatoms. The van der Waals surface area contributed by atoms with Crippen LogP contribution in [-0.2, 0) is 7.05 Å². The van der Waals surface area contributed by atoms with Crippen LogP contribution in [0.25, 0.3) is 5.69 Å². The zero-order chi connectivity index (χ0) is 17.1. The highest BCUT2D eigenvalue weighted by Gasteiger charge is 2.22. The zero-order valence-corrected chi connectivity index (χ0v) is 13.7. The topological polar surface area (TPSA) is 83.7 Å². The fourth-order valence-corrected chi connectivity index (χ4v) is 2.43. The maximum atomic E-state index is 14.3. The van der Waals surface area contributed by atoms with Crippen molar-refractivity contribution in [3.05, 3.63) is 44.8 Å². The number of imidazole rings is 1. The summed E-state index contributed by atoms with van der Waals surface area (Å²) in [6.45, 7) is 0. The molecule has 0 bridgehead atoms.